The molecule has 1 aromatic heterocycles. The Morgan fingerprint density at radius 3 is 2.65 bits per heavy atom. The first-order valence-electron chi connectivity index (χ1n) is 7.75. The first-order valence-corrected chi connectivity index (χ1v) is 9.65. The van der Waals surface area contributed by atoms with Gasteiger partial charge in [0.05, 0.1) is 23.8 Å². The van der Waals surface area contributed by atoms with Gasteiger partial charge in [-0.1, -0.05) is 36.4 Å². The number of anilines is 1. The number of nitrogens with zero attached hydrogens (tertiary/aromatic N) is 2. The van der Waals surface area contributed by atoms with Crippen molar-refractivity contribution in [3.63, 3.8) is 0 Å². The SMILES string of the molecule is CS(=O)(=O)c1cccc(NC(=O)Oc2cnn(Cc3ccccc3)c2)c1. The van der Waals surface area contributed by atoms with Crippen LogP contribution in [-0.4, -0.2) is 30.5 Å². The molecule has 8 heteroatoms. The molecule has 0 saturated heterocycles. The molecule has 1 amide bonds. The van der Waals surface area contributed by atoms with Gasteiger partial charge in [0, 0.05) is 11.9 Å². The number of aromatic nitrogens is 2. The normalized spacial score (nSPS) is 11.1. The van der Waals surface area contributed by atoms with Crippen LogP contribution in [0, 0.1) is 0 Å². The van der Waals surface area contributed by atoms with Gasteiger partial charge in [-0.05, 0) is 23.8 Å². The predicted molar refractivity (Wildman–Crippen MR) is 97.0 cm³/mol. The first kappa shape index (κ1) is 17.7. The monoisotopic (exact) mass is 371 g/mol. The summed E-state index contributed by atoms with van der Waals surface area (Å²) in [6, 6.07) is 15.7. The second kappa shape index (κ2) is 7.40. The van der Waals surface area contributed by atoms with E-state index < -0.39 is 15.9 Å². The fourth-order valence-corrected chi connectivity index (χ4v) is 2.98. The van der Waals surface area contributed by atoms with Gasteiger partial charge >= 0.3 is 6.09 Å². The molecule has 0 bridgehead atoms. The summed E-state index contributed by atoms with van der Waals surface area (Å²) in [6.45, 7) is 0.558. The summed E-state index contributed by atoms with van der Waals surface area (Å²) in [5.74, 6) is 0.290. The number of carbonyl (C=O) groups excluding carboxylic acids is 1. The maximum absolute atomic E-state index is 12.0. The van der Waals surface area contributed by atoms with E-state index in [1.165, 1.54) is 18.3 Å². The van der Waals surface area contributed by atoms with E-state index in [0.29, 0.717) is 12.2 Å². The number of rotatable bonds is 5. The third-order valence-electron chi connectivity index (χ3n) is 3.52. The van der Waals surface area contributed by atoms with Gasteiger partial charge in [0.1, 0.15) is 0 Å². The topological polar surface area (TPSA) is 90.3 Å². The number of hydrogen-bond donors (Lipinski definition) is 1. The van der Waals surface area contributed by atoms with Gasteiger partial charge in [0.2, 0.25) is 0 Å². The van der Waals surface area contributed by atoms with Crippen molar-refractivity contribution in [1.82, 2.24) is 9.78 Å². The van der Waals surface area contributed by atoms with Gasteiger partial charge in [-0.2, -0.15) is 5.10 Å². The number of ether oxygens (including phenoxy) is 1. The van der Waals surface area contributed by atoms with Crippen LogP contribution in [0.5, 0.6) is 5.75 Å². The highest BCUT2D eigenvalue weighted by atomic mass is 32.2. The van der Waals surface area contributed by atoms with Crippen molar-refractivity contribution >= 4 is 21.6 Å². The summed E-state index contributed by atoms with van der Waals surface area (Å²) >= 11 is 0. The lowest BCUT2D eigenvalue weighted by molar-refractivity contribution is 0.215. The summed E-state index contributed by atoms with van der Waals surface area (Å²) in [7, 11) is -3.35. The largest absolute Gasteiger partial charge is 0.417 e. The second-order valence-electron chi connectivity index (χ2n) is 5.67. The zero-order valence-corrected chi connectivity index (χ0v) is 14.8. The van der Waals surface area contributed by atoms with Crippen LogP contribution in [0.3, 0.4) is 0 Å². The minimum Gasteiger partial charge on any atom is -0.407 e. The Bertz CT molecular complexity index is 1010. The lowest BCUT2D eigenvalue weighted by Gasteiger charge is -2.06. The molecule has 0 aliphatic heterocycles. The number of hydrogen-bond acceptors (Lipinski definition) is 5. The Kier molecular flexibility index (Phi) is 5.04. The quantitative estimate of drug-likeness (QED) is 0.745. The van der Waals surface area contributed by atoms with Crippen molar-refractivity contribution in [2.24, 2.45) is 0 Å². The molecule has 3 aromatic rings. The van der Waals surface area contributed by atoms with Gasteiger partial charge in [-0.3, -0.25) is 10.00 Å². The molecule has 0 unspecified atom stereocenters. The molecule has 26 heavy (non-hydrogen) atoms. The molecule has 1 heterocycles. The molecule has 134 valence electrons. The lowest BCUT2D eigenvalue weighted by Crippen LogP contribution is -2.16. The zero-order chi connectivity index (χ0) is 18.6. The molecule has 0 atom stereocenters. The molecule has 1 N–H and O–H groups in total. The van der Waals surface area contributed by atoms with Crippen LogP contribution in [0.15, 0.2) is 71.9 Å². The number of sulfone groups is 1. The molecule has 2 aromatic carbocycles. The minimum absolute atomic E-state index is 0.117. The van der Waals surface area contributed by atoms with Crippen molar-refractivity contribution in [3.8, 4) is 5.75 Å². The van der Waals surface area contributed by atoms with Crippen LogP contribution in [0.1, 0.15) is 5.56 Å². The molecule has 0 aliphatic carbocycles. The van der Waals surface area contributed by atoms with Gasteiger partial charge < -0.3 is 4.74 Å². The van der Waals surface area contributed by atoms with Crippen LogP contribution in [0.4, 0.5) is 10.5 Å². The Hall–Kier alpha value is -3.13. The Morgan fingerprint density at radius 1 is 1.15 bits per heavy atom. The summed E-state index contributed by atoms with van der Waals surface area (Å²) < 4.78 is 30.0. The average molecular weight is 371 g/mol. The maximum Gasteiger partial charge on any atom is 0.417 e. The number of nitrogens with one attached hydrogen (secondary N) is 1. The van der Waals surface area contributed by atoms with Crippen LogP contribution >= 0.6 is 0 Å². The van der Waals surface area contributed by atoms with Crippen molar-refractivity contribution in [3.05, 3.63) is 72.6 Å². The van der Waals surface area contributed by atoms with Crippen LogP contribution in [0.2, 0.25) is 0 Å². The second-order valence-corrected chi connectivity index (χ2v) is 7.69. The number of carbonyl (C=O) groups is 1. The molecule has 0 fully saturated rings. The molecule has 0 spiro atoms. The van der Waals surface area contributed by atoms with Gasteiger partial charge in [0.15, 0.2) is 15.6 Å². The van der Waals surface area contributed by atoms with Crippen LogP contribution in [0.25, 0.3) is 0 Å². The van der Waals surface area contributed by atoms with Gasteiger partial charge in [-0.15, -0.1) is 0 Å². The molecule has 7 nitrogen and oxygen atoms in total. The van der Waals surface area contributed by atoms with Crippen LogP contribution < -0.4 is 10.1 Å². The lowest BCUT2D eigenvalue weighted by atomic mass is 10.2. The van der Waals surface area contributed by atoms with E-state index >= 15 is 0 Å². The smallest absolute Gasteiger partial charge is 0.407 e. The fraction of sp³-hybridized carbons (Fsp3) is 0.111. The molecular weight excluding hydrogens is 354 g/mol. The number of amides is 1. The predicted octanol–water partition coefficient (Wildman–Crippen LogP) is 2.95. The minimum atomic E-state index is -3.35. The molecular formula is C18H17N3O4S. The van der Waals surface area contributed by atoms with E-state index in [0.717, 1.165) is 11.8 Å². The standard InChI is InChI=1S/C18H17N3O4S/c1-26(23,24)17-9-5-8-15(10-17)20-18(22)25-16-11-19-21(13-16)12-14-6-3-2-4-7-14/h2-11,13H,12H2,1H3,(H,20,22). The van der Waals surface area contributed by atoms with E-state index in [1.807, 2.05) is 30.3 Å². The van der Waals surface area contributed by atoms with Crippen molar-refractivity contribution < 1.29 is 17.9 Å². The summed E-state index contributed by atoms with van der Waals surface area (Å²) in [5.41, 5.74) is 1.40. The zero-order valence-electron chi connectivity index (χ0n) is 14.0. The third-order valence-corrected chi connectivity index (χ3v) is 4.63. The average Bonchev–Trinajstić information content (AvgIpc) is 3.02. The van der Waals surface area contributed by atoms with Crippen molar-refractivity contribution in [2.75, 3.05) is 11.6 Å². The highest BCUT2D eigenvalue weighted by Crippen LogP contribution is 2.16. The highest BCUT2D eigenvalue weighted by molar-refractivity contribution is 7.90. The van der Waals surface area contributed by atoms with Crippen molar-refractivity contribution in [1.29, 1.82) is 0 Å². The first-order chi connectivity index (χ1) is 12.4. The van der Waals surface area contributed by atoms with E-state index in [4.69, 9.17) is 4.74 Å². The molecule has 0 saturated carbocycles. The van der Waals surface area contributed by atoms with E-state index in [1.54, 1.807) is 23.0 Å². The summed E-state index contributed by atoms with van der Waals surface area (Å²) in [6.07, 6.45) is 3.43. The maximum atomic E-state index is 12.0. The summed E-state index contributed by atoms with van der Waals surface area (Å²) in [5, 5.41) is 6.65. The third kappa shape index (κ3) is 4.70. The van der Waals surface area contributed by atoms with Gasteiger partial charge in [0.25, 0.3) is 0 Å². The summed E-state index contributed by atoms with van der Waals surface area (Å²) in [4.78, 5) is 12.1. The molecule has 0 aliphatic rings. The van der Waals surface area contributed by atoms with E-state index in [-0.39, 0.29) is 10.6 Å². The Labute approximate surface area is 151 Å². The highest BCUT2D eigenvalue weighted by Gasteiger charge is 2.11. The Balaban J connectivity index is 1.62. The fourth-order valence-electron chi connectivity index (χ4n) is 2.31. The number of benzene rings is 2. The van der Waals surface area contributed by atoms with E-state index in [2.05, 4.69) is 10.4 Å². The molecule has 0 radical (unpaired) electrons. The van der Waals surface area contributed by atoms with Gasteiger partial charge in [-0.25, -0.2) is 13.2 Å². The van der Waals surface area contributed by atoms with E-state index in [9.17, 15) is 13.2 Å². The van der Waals surface area contributed by atoms with Crippen molar-refractivity contribution in [2.45, 2.75) is 11.4 Å². The molecule has 3 rings (SSSR count). The van der Waals surface area contributed by atoms with Crippen LogP contribution in [-0.2, 0) is 16.4 Å². The Morgan fingerprint density at radius 2 is 1.92 bits per heavy atom.